The van der Waals surface area contributed by atoms with E-state index in [9.17, 15) is 5.11 Å². The molecule has 0 saturated heterocycles. The maximum Gasteiger partial charge on any atom is 0.137 e. The summed E-state index contributed by atoms with van der Waals surface area (Å²) in [6, 6.07) is 9.73. The van der Waals surface area contributed by atoms with E-state index >= 15 is 0 Å². The van der Waals surface area contributed by atoms with Gasteiger partial charge in [-0.25, -0.2) is 0 Å². The van der Waals surface area contributed by atoms with Gasteiger partial charge in [-0.05, 0) is 43.5 Å². The van der Waals surface area contributed by atoms with Gasteiger partial charge in [0.15, 0.2) is 0 Å². The first-order valence-corrected chi connectivity index (χ1v) is 7.11. The van der Waals surface area contributed by atoms with Gasteiger partial charge in [0.2, 0.25) is 0 Å². The van der Waals surface area contributed by atoms with Crippen molar-refractivity contribution in [1.29, 1.82) is 0 Å². The highest BCUT2D eigenvalue weighted by Crippen LogP contribution is 2.22. The molecule has 0 aliphatic rings. The van der Waals surface area contributed by atoms with Crippen LogP contribution in [0, 0.1) is 0 Å². The molecule has 2 aromatic rings. The summed E-state index contributed by atoms with van der Waals surface area (Å²) in [5.41, 5.74) is 1.96. The molecule has 0 aliphatic carbocycles. The van der Waals surface area contributed by atoms with Crippen molar-refractivity contribution in [2.75, 3.05) is 13.7 Å². The number of methoxy groups -OCH3 is 1. The molecule has 0 amide bonds. The van der Waals surface area contributed by atoms with Crippen LogP contribution >= 0.6 is 0 Å². The Morgan fingerprint density at radius 2 is 1.90 bits per heavy atom. The van der Waals surface area contributed by atoms with Crippen molar-refractivity contribution in [1.82, 2.24) is 4.98 Å². The summed E-state index contributed by atoms with van der Waals surface area (Å²) in [6.45, 7) is 2.51. The fraction of sp³-hybridized carbons (Fsp3) is 0.353. The zero-order chi connectivity index (χ0) is 15.1. The standard InChI is InChI=1S/C17H21NO3/c1-3-21-16-10-14(11-18-12-16)17(19)9-6-13-4-7-15(20-2)8-5-13/h4-5,7-8,10-12,17,19H,3,6,9H2,1-2H3. The minimum absolute atomic E-state index is 0.542. The normalized spacial score (nSPS) is 12.0. The molecule has 0 bridgehead atoms. The first-order valence-electron chi connectivity index (χ1n) is 7.11. The van der Waals surface area contributed by atoms with Crippen LogP contribution in [-0.4, -0.2) is 23.8 Å². The molecule has 1 atom stereocenters. The second kappa shape index (κ2) is 7.64. The van der Waals surface area contributed by atoms with Crippen LogP contribution in [0.25, 0.3) is 0 Å². The maximum absolute atomic E-state index is 10.3. The van der Waals surface area contributed by atoms with Crippen LogP contribution in [0.1, 0.15) is 30.6 Å². The van der Waals surface area contributed by atoms with Crippen molar-refractivity contribution in [2.45, 2.75) is 25.9 Å². The van der Waals surface area contributed by atoms with Crippen molar-refractivity contribution in [2.24, 2.45) is 0 Å². The van der Waals surface area contributed by atoms with Crippen LogP contribution in [0.15, 0.2) is 42.7 Å². The van der Waals surface area contributed by atoms with E-state index in [0.717, 1.165) is 17.7 Å². The summed E-state index contributed by atoms with van der Waals surface area (Å²) in [5, 5.41) is 10.3. The number of aromatic nitrogens is 1. The van der Waals surface area contributed by atoms with Crippen molar-refractivity contribution < 1.29 is 14.6 Å². The van der Waals surface area contributed by atoms with E-state index in [-0.39, 0.29) is 0 Å². The van der Waals surface area contributed by atoms with Gasteiger partial charge < -0.3 is 14.6 Å². The lowest BCUT2D eigenvalue weighted by Gasteiger charge is -2.12. The molecule has 21 heavy (non-hydrogen) atoms. The van der Waals surface area contributed by atoms with Crippen LogP contribution < -0.4 is 9.47 Å². The average Bonchev–Trinajstić information content (AvgIpc) is 2.53. The maximum atomic E-state index is 10.3. The molecule has 1 N–H and O–H groups in total. The highest BCUT2D eigenvalue weighted by molar-refractivity contribution is 5.28. The van der Waals surface area contributed by atoms with Crippen LogP contribution in [0.2, 0.25) is 0 Å². The third-order valence-corrected chi connectivity index (χ3v) is 3.30. The van der Waals surface area contributed by atoms with Gasteiger partial charge >= 0.3 is 0 Å². The second-order valence-electron chi connectivity index (χ2n) is 4.79. The number of aryl methyl sites for hydroxylation is 1. The molecular weight excluding hydrogens is 266 g/mol. The predicted octanol–water partition coefficient (Wildman–Crippen LogP) is 3.16. The molecule has 0 spiro atoms. The zero-order valence-corrected chi connectivity index (χ0v) is 12.5. The lowest BCUT2D eigenvalue weighted by atomic mass is 10.0. The summed E-state index contributed by atoms with van der Waals surface area (Å²) >= 11 is 0. The first-order chi connectivity index (χ1) is 10.2. The molecule has 2 rings (SSSR count). The molecule has 112 valence electrons. The number of ether oxygens (including phenoxy) is 2. The van der Waals surface area contributed by atoms with Gasteiger partial charge in [0.05, 0.1) is 26.0 Å². The van der Waals surface area contributed by atoms with E-state index in [2.05, 4.69) is 4.98 Å². The van der Waals surface area contributed by atoms with Crippen molar-refractivity contribution in [3.05, 3.63) is 53.9 Å². The Morgan fingerprint density at radius 1 is 1.14 bits per heavy atom. The Bertz CT molecular complexity index is 554. The van der Waals surface area contributed by atoms with E-state index in [1.54, 1.807) is 19.5 Å². The van der Waals surface area contributed by atoms with E-state index < -0.39 is 6.10 Å². The molecule has 1 heterocycles. The molecule has 0 fully saturated rings. The van der Waals surface area contributed by atoms with E-state index in [1.807, 2.05) is 37.3 Å². The number of aliphatic hydroxyl groups is 1. The summed E-state index contributed by atoms with van der Waals surface area (Å²) < 4.78 is 10.5. The van der Waals surface area contributed by atoms with E-state index in [0.29, 0.717) is 18.8 Å². The average molecular weight is 287 g/mol. The Labute approximate surface area is 125 Å². The van der Waals surface area contributed by atoms with Crippen molar-refractivity contribution >= 4 is 0 Å². The van der Waals surface area contributed by atoms with Crippen molar-refractivity contribution in [3.63, 3.8) is 0 Å². The summed E-state index contributed by atoms with van der Waals surface area (Å²) in [7, 11) is 1.65. The van der Waals surface area contributed by atoms with Crippen LogP contribution in [0.4, 0.5) is 0 Å². The summed E-state index contributed by atoms with van der Waals surface area (Å²) in [5.74, 6) is 1.53. The molecule has 4 heteroatoms. The largest absolute Gasteiger partial charge is 0.497 e. The number of hydrogen-bond donors (Lipinski definition) is 1. The molecule has 1 aromatic carbocycles. The Morgan fingerprint density at radius 3 is 2.57 bits per heavy atom. The molecule has 4 nitrogen and oxygen atoms in total. The van der Waals surface area contributed by atoms with Crippen LogP contribution in [0.3, 0.4) is 0 Å². The third-order valence-electron chi connectivity index (χ3n) is 3.30. The topological polar surface area (TPSA) is 51.6 Å². The highest BCUT2D eigenvalue weighted by Gasteiger charge is 2.09. The van der Waals surface area contributed by atoms with Gasteiger partial charge in [0.25, 0.3) is 0 Å². The molecule has 0 aliphatic heterocycles. The molecule has 1 unspecified atom stereocenters. The summed E-state index contributed by atoms with van der Waals surface area (Å²) in [4.78, 5) is 4.10. The number of pyridine rings is 1. The Hall–Kier alpha value is -2.07. The molecular formula is C17H21NO3. The second-order valence-corrected chi connectivity index (χ2v) is 4.79. The molecule has 1 aromatic heterocycles. The van der Waals surface area contributed by atoms with Crippen LogP contribution in [0.5, 0.6) is 11.5 Å². The number of aliphatic hydroxyl groups excluding tert-OH is 1. The fourth-order valence-electron chi connectivity index (χ4n) is 2.13. The Kier molecular flexibility index (Phi) is 5.58. The SMILES string of the molecule is CCOc1cncc(C(O)CCc2ccc(OC)cc2)c1. The zero-order valence-electron chi connectivity index (χ0n) is 12.5. The van der Waals surface area contributed by atoms with Gasteiger partial charge in [-0.3, -0.25) is 4.98 Å². The van der Waals surface area contributed by atoms with Gasteiger partial charge in [-0.2, -0.15) is 0 Å². The highest BCUT2D eigenvalue weighted by atomic mass is 16.5. The minimum Gasteiger partial charge on any atom is -0.497 e. The molecule has 0 saturated carbocycles. The fourth-order valence-corrected chi connectivity index (χ4v) is 2.13. The number of rotatable bonds is 7. The smallest absolute Gasteiger partial charge is 0.137 e. The van der Waals surface area contributed by atoms with E-state index in [4.69, 9.17) is 9.47 Å². The number of benzene rings is 1. The number of nitrogens with zero attached hydrogens (tertiary/aromatic N) is 1. The van der Waals surface area contributed by atoms with Crippen LogP contribution in [-0.2, 0) is 6.42 Å². The Balaban J connectivity index is 1.94. The number of hydrogen-bond acceptors (Lipinski definition) is 4. The molecule has 0 radical (unpaired) electrons. The van der Waals surface area contributed by atoms with Gasteiger partial charge in [-0.15, -0.1) is 0 Å². The lowest BCUT2D eigenvalue weighted by Crippen LogP contribution is -2.02. The van der Waals surface area contributed by atoms with Crippen molar-refractivity contribution in [3.8, 4) is 11.5 Å². The predicted molar refractivity (Wildman–Crippen MR) is 81.7 cm³/mol. The quantitative estimate of drug-likeness (QED) is 0.850. The van der Waals surface area contributed by atoms with Gasteiger partial charge in [0, 0.05) is 11.8 Å². The van der Waals surface area contributed by atoms with Gasteiger partial charge in [-0.1, -0.05) is 12.1 Å². The lowest BCUT2D eigenvalue weighted by molar-refractivity contribution is 0.167. The monoisotopic (exact) mass is 287 g/mol. The van der Waals surface area contributed by atoms with Gasteiger partial charge in [0.1, 0.15) is 11.5 Å². The first kappa shape index (κ1) is 15.3. The van der Waals surface area contributed by atoms with E-state index in [1.165, 1.54) is 5.56 Å². The minimum atomic E-state index is -0.542. The summed E-state index contributed by atoms with van der Waals surface area (Å²) in [6.07, 6.45) is 4.23. The third kappa shape index (κ3) is 4.46.